The van der Waals surface area contributed by atoms with Gasteiger partial charge in [-0.15, -0.1) is 0 Å². The molecule has 0 radical (unpaired) electrons. The number of benzene rings is 1. The van der Waals surface area contributed by atoms with Crippen molar-refractivity contribution in [2.24, 2.45) is 11.7 Å². The number of nitrogens with two attached hydrogens (primary N) is 1. The molecule has 0 saturated carbocycles. The molecule has 0 fully saturated rings. The Morgan fingerprint density at radius 3 is 2.59 bits per heavy atom. The molecule has 0 amide bonds. The molecule has 0 bridgehead atoms. The minimum Gasteiger partial charge on any atom is -0.326 e. The van der Waals surface area contributed by atoms with E-state index >= 15 is 0 Å². The van der Waals surface area contributed by atoms with Crippen LogP contribution >= 0.6 is 0 Å². The van der Waals surface area contributed by atoms with E-state index in [4.69, 9.17) is 5.73 Å². The molecule has 17 heavy (non-hydrogen) atoms. The van der Waals surface area contributed by atoms with Gasteiger partial charge in [0.25, 0.3) is 0 Å². The zero-order chi connectivity index (χ0) is 12.8. The van der Waals surface area contributed by atoms with Crippen LogP contribution in [-0.4, -0.2) is 24.5 Å². The van der Waals surface area contributed by atoms with Crippen molar-refractivity contribution in [3.05, 3.63) is 35.6 Å². The van der Waals surface area contributed by atoms with Gasteiger partial charge in [-0.1, -0.05) is 38.5 Å². The summed E-state index contributed by atoms with van der Waals surface area (Å²) in [5.41, 5.74) is 6.81. The number of rotatable bonds is 6. The number of hydrogen-bond donors (Lipinski definition) is 1. The Hall–Kier alpha value is -0.930. The molecule has 1 aromatic rings. The van der Waals surface area contributed by atoms with Crippen molar-refractivity contribution in [2.45, 2.75) is 32.9 Å². The molecule has 0 aliphatic rings. The van der Waals surface area contributed by atoms with Crippen molar-refractivity contribution < 1.29 is 4.39 Å². The van der Waals surface area contributed by atoms with Crippen LogP contribution < -0.4 is 5.73 Å². The fourth-order valence-electron chi connectivity index (χ4n) is 1.82. The molecule has 0 aliphatic carbocycles. The lowest BCUT2D eigenvalue weighted by molar-refractivity contribution is 0.264. The van der Waals surface area contributed by atoms with Gasteiger partial charge in [0, 0.05) is 24.7 Å². The summed E-state index contributed by atoms with van der Waals surface area (Å²) in [5.74, 6) is 0.356. The average molecular weight is 238 g/mol. The second-order valence-corrected chi connectivity index (χ2v) is 4.84. The maximum absolute atomic E-state index is 13.5. The smallest absolute Gasteiger partial charge is 0.127 e. The summed E-state index contributed by atoms with van der Waals surface area (Å²) in [4.78, 5) is 2.08. The quantitative estimate of drug-likeness (QED) is 0.825. The van der Waals surface area contributed by atoms with E-state index in [0.717, 1.165) is 18.5 Å². The predicted octanol–water partition coefficient (Wildman–Crippen LogP) is 2.63. The Morgan fingerprint density at radius 2 is 2.00 bits per heavy atom. The van der Waals surface area contributed by atoms with E-state index in [1.54, 1.807) is 6.07 Å². The highest BCUT2D eigenvalue weighted by molar-refractivity contribution is 5.16. The van der Waals surface area contributed by atoms with E-state index in [0.29, 0.717) is 12.5 Å². The molecular formula is C14H23FN2. The summed E-state index contributed by atoms with van der Waals surface area (Å²) in [6.07, 6.45) is 1.08. The molecule has 1 aromatic carbocycles. The largest absolute Gasteiger partial charge is 0.326 e. The van der Waals surface area contributed by atoms with Gasteiger partial charge < -0.3 is 10.6 Å². The number of likely N-dealkylation sites (N-methyl/N-ethyl adjacent to an activating group) is 1. The Morgan fingerprint density at radius 1 is 1.35 bits per heavy atom. The summed E-state index contributed by atoms with van der Waals surface area (Å²) in [6, 6.07) is 7.04. The molecular weight excluding hydrogens is 215 g/mol. The number of nitrogens with zero attached hydrogens (tertiary/aromatic N) is 1. The molecule has 0 aliphatic heterocycles. The van der Waals surface area contributed by atoms with Crippen molar-refractivity contribution in [1.82, 2.24) is 4.90 Å². The van der Waals surface area contributed by atoms with E-state index in [-0.39, 0.29) is 11.9 Å². The third-order valence-electron chi connectivity index (χ3n) is 3.30. The lowest BCUT2D eigenvalue weighted by Gasteiger charge is -2.25. The standard InChI is InChI=1S/C14H23FN2/c1-4-11(2)14(16)10-17(3)9-12-7-5-6-8-13(12)15/h5-8,11,14H,4,9-10,16H2,1-3H3. The van der Waals surface area contributed by atoms with Crippen molar-refractivity contribution in [3.63, 3.8) is 0 Å². The maximum atomic E-state index is 13.5. The molecule has 0 saturated heterocycles. The summed E-state index contributed by atoms with van der Waals surface area (Å²) in [7, 11) is 1.98. The summed E-state index contributed by atoms with van der Waals surface area (Å²) >= 11 is 0. The van der Waals surface area contributed by atoms with E-state index in [1.165, 1.54) is 6.07 Å². The van der Waals surface area contributed by atoms with Crippen molar-refractivity contribution >= 4 is 0 Å². The Balaban J connectivity index is 2.50. The van der Waals surface area contributed by atoms with Gasteiger partial charge >= 0.3 is 0 Å². The molecule has 1 rings (SSSR count). The zero-order valence-corrected chi connectivity index (χ0v) is 11.0. The third-order valence-corrected chi connectivity index (χ3v) is 3.30. The van der Waals surface area contributed by atoms with Gasteiger partial charge in [-0.25, -0.2) is 4.39 Å². The van der Waals surface area contributed by atoms with Crippen molar-refractivity contribution in [1.29, 1.82) is 0 Å². The Bertz CT molecular complexity index is 341. The Labute approximate surface area is 104 Å². The monoisotopic (exact) mass is 238 g/mol. The van der Waals surface area contributed by atoms with Gasteiger partial charge in [0.15, 0.2) is 0 Å². The molecule has 2 N–H and O–H groups in total. The first-order valence-corrected chi connectivity index (χ1v) is 6.22. The lowest BCUT2D eigenvalue weighted by Crippen LogP contribution is -2.39. The van der Waals surface area contributed by atoms with Crippen molar-refractivity contribution in [3.8, 4) is 0 Å². The molecule has 2 unspecified atom stereocenters. The van der Waals surface area contributed by atoms with Crippen LogP contribution in [0, 0.1) is 11.7 Å². The zero-order valence-electron chi connectivity index (χ0n) is 11.0. The third kappa shape index (κ3) is 4.44. The second-order valence-electron chi connectivity index (χ2n) is 4.84. The molecule has 2 atom stereocenters. The first kappa shape index (κ1) is 14.1. The predicted molar refractivity (Wildman–Crippen MR) is 70.2 cm³/mol. The average Bonchev–Trinajstić information content (AvgIpc) is 2.31. The topological polar surface area (TPSA) is 29.3 Å². The SMILES string of the molecule is CCC(C)C(N)CN(C)Cc1ccccc1F. The summed E-state index contributed by atoms with van der Waals surface area (Å²) < 4.78 is 13.5. The number of hydrogen-bond acceptors (Lipinski definition) is 2. The van der Waals surface area contributed by atoms with E-state index in [1.807, 2.05) is 19.2 Å². The van der Waals surface area contributed by atoms with Gasteiger partial charge in [-0.3, -0.25) is 0 Å². The van der Waals surface area contributed by atoms with Gasteiger partial charge in [0.1, 0.15) is 5.82 Å². The van der Waals surface area contributed by atoms with Crippen molar-refractivity contribution in [2.75, 3.05) is 13.6 Å². The fraction of sp³-hybridized carbons (Fsp3) is 0.571. The van der Waals surface area contributed by atoms with Crippen LogP contribution in [0.3, 0.4) is 0 Å². The van der Waals surface area contributed by atoms with E-state index in [2.05, 4.69) is 18.7 Å². The lowest BCUT2D eigenvalue weighted by atomic mass is 9.99. The van der Waals surface area contributed by atoms with Crippen LogP contribution in [0.4, 0.5) is 4.39 Å². The summed E-state index contributed by atoms with van der Waals surface area (Å²) in [5, 5.41) is 0. The van der Waals surface area contributed by atoms with Gasteiger partial charge in [0.05, 0.1) is 0 Å². The minimum absolute atomic E-state index is 0.142. The fourth-order valence-corrected chi connectivity index (χ4v) is 1.82. The van der Waals surface area contributed by atoms with Crippen LogP contribution in [0.2, 0.25) is 0 Å². The summed E-state index contributed by atoms with van der Waals surface area (Å²) in [6.45, 7) is 5.70. The first-order valence-electron chi connectivity index (χ1n) is 6.22. The highest BCUT2D eigenvalue weighted by Gasteiger charge is 2.14. The van der Waals surface area contributed by atoms with Gasteiger partial charge in [-0.05, 0) is 19.0 Å². The molecule has 96 valence electrons. The highest BCUT2D eigenvalue weighted by atomic mass is 19.1. The normalized spacial score (nSPS) is 14.9. The minimum atomic E-state index is -0.142. The van der Waals surface area contributed by atoms with Gasteiger partial charge in [0.2, 0.25) is 0 Å². The maximum Gasteiger partial charge on any atom is 0.127 e. The van der Waals surface area contributed by atoms with Crippen LogP contribution in [-0.2, 0) is 6.54 Å². The molecule has 3 heteroatoms. The van der Waals surface area contributed by atoms with E-state index in [9.17, 15) is 4.39 Å². The molecule has 0 aromatic heterocycles. The molecule has 2 nitrogen and oxygen atoms in total. The highest BCUT2D eigenvalue weighted by Crippen LogP contribution is 2.11. The second kappa shape index (κ2) is 6.72. The van der Waals surface area contributed by atoms with Crippen LogP contribution in [0.25, 0.3) is 0 Å². The molecule has 0 spiro atoms. The van der Waals surface area contributed by atoms with Crippen LogP contribution in [0.15, 0.2) is 24.3 Å². The Kier molecular flexibility index (Phi) is 5.59. The van der Waals surface area contributed by atoms with E-state index < -0.39 is 0 Å². The van der Waals surface area contributed by atoms with Gasteiger partial charge in [-0.2, -0.15) is 0 Å². The van der Waals surface area contributed by atoms with Crippen LogP contribution in [0.1, 0.15) is 25.8 Å². The van der Waals surface area contributed by atoms with Crippen LogP contribution in [0.5, 0.6) is 0 Å². The number of halogens is 1. The molecule has 0 heterocycles. The first-order chi connectivity index (χ1) is 8.04.